The van der Waals surface area contributed by atoms with E-state index in [2.05, 4.69) is 15.5 Å². The number of nitrogens with one attached hydrogen (secondary N) is 1. The molecule has 9 heteroatoms. The number of benzene rings is 2. The van der Waals surface area contributed by atoms with Gasteiger partial charge in [-0.1, -0.05) is 35.5 Å². The summed E-state index contributed by atoms with van der Waals surface area (Å²) in [7, 11) is 0. The third kappa shape index (κ3) is 4.98. The first-order chi connectivity index (χ1) is 13.5. The number of nitrogens with zero attached hydrogens (tertiary/aromatic N) is 3. The molecule has 1 N–H and O–H groups in total. The minimum absolute atomic E-state index is 0.0244. The number of nitro benzene ring substituents is 1. The fourth-order valence-corrected chi connectivity index (χ4v) is 2.44. The highest BCUT2D eigenvalue weighted by Crippen LogP contribution is 2.21. The van der Waals surface area contributed by atoms with Gasteiger partial charge in [0.25, 0.3) is 5.69 Å². The molecular formula is C19H18N4O5. The summed E-state index contributed by atoms with van der Waals surface area (Å²) >= 11 is 0. The third-order valence-corrected chi connectivity index (χ3v) is 3.87. The lowest BCUT2D eigenvalue weighted by molar-refractivity contribution is -0.384. The number of aromatic nitrogens is 2. The highest BCUT2D eigenvalue weighted by Gasteiger charge is 2.18. The number of hydrogen-bond donors (Lipinski definition) is 1. The highest BCUT2D eigenvalue weighted by atomic mass is 16.6. The van der Waals surface area contributed by atoms with Crippen molar-refractivity contribution in [2.24, 2.45) is 0 Å². The van der Waals surface area contributed by atoms with Gasteiger partial charge in [-0.25, -0.2) is 0 Å². The van der Waals surface area contributed by atoms with Gasteiger partial charge in [0, 0.05) is 17.7 Å². The summed E-state index contributed by atoms with van der Waals surface area (Å²) in [4.78, 5) is 26.5. The number of ether oxygens (including phenoxy) is 1. The van der Waals surface area contributed by atoms with Gasteiger partial charge in [-0.2, -0.15) is 4.98 Å². The Bertz CT molecular complexity index is 940. The molecule has 0 aliphatic carbocycles. The predicted molar refractivity (Wildman–Crippen MR) is 99.0 cm³/mol. The van der Waals surface area contributed by atoms with Crippen molar-refractivity contribution in [3.8, 4) is 11.4 Å². The van der Waals surface area contributed by atoms with Crippen molar-refractivity contribution in [2.75, 3.05) is 6.61 Å². The first kappa shape index (κ1) is 19.2. The van der Waals surface area contributed by atoms with E-state index >= 15 is 0 Å². The summed E-state index contributed by atoms with van der Waals surface area (Å²) in [5.41, 5.74) is 1.53. The van der Waals surface area contributed by atoms with E-state index in [-0.39, 0.29) is 29.9 Å². The Kier molecular flexibility index (Phi) is 6.07. The lowest BCUT2D eigenvalue weighted by atomic mass is 10.2. The maximum absolute atomic E-state index is 12.0. The Morgan fingerprint density at radius 3 is 2.61 bits per heavy atom. The molecule has 0 radical (unpaired) electrons. The summed E-state index contributed by atoms with van der Waals surface area (Å²) in [5, 5.41) is 17.3. The maximum atomic E-state index is 12.0. The molecule has 144 valence electrons. The number of non-ortho nitro benzene ring substituents is 1. The molecule has 1 aromatic heterocycles. The Hall–Kier alpha value is -3.59. The topological polar surface area (TPSA) is 120 Å². The molecule has 3 rings (SSSR count). The largest absolute Gasteiger partial charge is 0.367 e. The lowest BCUT2D eigenvalue weighted by Gasteiger charge is -2.10. The highest BCUT2D eigenvalue weighted by molar-refractivity contribution is 5.77. The average Bonchev–Trinajstić information content (AvgIpc) is 3.19. The average molecular weight is 382 g/mol. The zero-order valence-corrected chi connectivity index (χ0v) is 15.1. The minimum Gasteiger partial charge on any atom is -0.367 e. The molecule has 0 aliphatic heterocycles. The summed E-state index contributed by atoms with van der Waals surface area (Å²) < 4.78 is 10.6. The molecule has 3 aromatic rings. The van der Waals surface area contributed by atoms with Crippen LogP contribution in [0.5, 0.6) is 0 Å². The number of hydrogen-bond acceptors (Lipinski definition) is 7. The Balaban J connectivity index is 1.52. The van der Waals surface area contributed by atoms with Gasteiger partial charge < -0.3 is 14.6 Å². The summed E-state index contributed by atoms with van der Waals surface area (Å²) in [6, 6.07) is 14.8. The minimum atomic E-state index is -0.507. The molecule has 2 aromatic carbocycles. The van der Waals surface area contributed by atoms with Crippen molar-refractivity contribution in [2.45, 2.75) is 19.6 Å². The Labute approximate surface area is 160 Å². The lowest BCUT2D eigenvalue weighted by Crippen LogP contribution is -2.30. The zero-order chi connectivity index (χ0) is 19.9. The summed E-state index contributed by atoms with van der Waals surface area (Å²) in [6.07, 6.45) is 0. The molecule has 0 saturated heterocycles. The van der Waals surface area contributed by atoms with Crippen LogP contribution in [0.1, 0.15) is 24.4 Å². The van der Waals surface area contributed by atoms with Gasteiger partial charge in [-0.15, -0.1) is 0 Å². The van der Waals surface area contributed by atoms with E-state index in [1.165, 1.54) is 24.3 Å². The first-order valence-corrected chi connectivity index (χ1v) is 8.52. The molecule has 0 fully saturated rings. The maximum Gasteiger partial charge on any atom is 0.269 e. The van der Waals surface area contributed by atoms with Crippen LogP contribution < -0.4 is 5.32 Å². The van der Waals surface area contributed by atoms with E-state index in [1.807, 2.05) is 30.3 Å². The van der Waals surface area contributed by atoms with Crippen molar-refractivity contribution < 1.29 is 19.0 Å². The molecule has 0 unspecified atom stereocenters. The predicted octanol–water partition coefficient (Wildman–Crippen LogP) is 3.04. The van der Waals surface area contributed by atoms with Gasteiger partial charge in [0.15, 0.2) is 0 Å². The fourth-order valence-electron chi connectivity index (χ4n) is 2.44. The second-order valence-corrected chi connectivity index (χ2v) is 6.03. The van der Waals surface area contributed by atoms with Crippen LogP contribution >= 0.6 is 0 Å². The van der Waals surface area contributed by atoms with Crippen LogP contribution in [0, 0.1) is 10.1 Å². The smallest absolute Gasteiger partial charge is 0.269 e. The van der Waals surface area contributed by atoms with E-state index in [0.29, 0.717) is 12.2 Å². The second-order valence-electron chi connectivity index (χ2n) is 6.03. The summed E-state index contributed by atoms with van der Waals surface area (Å²) in [5.74, 6) is 0.203. The van der Waals surface area contributed by atoms with Crippen LogP contribution in [0.15, 0.2) is 59.1 Å². The fraction of sp³-hybridized carbons (Fsp3) is 0.211. The standard InChI is InChI=1S/C19H18N4O5/c1-13(20-17(24)12-27-11-14-5-3-2-4-6-14)19-21-18(22-28-19)15-7-9-16(10-8-15)23(25)26/h2-10,13H,11-12H2,1H3,(H,20,24)/t13-/m0/s1. The molecule has 0 aliphatic rings. The van der Waals surface area contributed by atoms with Crippen molar-refractivity contribution in [1.82, 2.24) is 15.5 Å². The number of rotatable bonds is 8. The molecule has 0 bridgehead atoms. The van der Waals surface area contributed by atoms with Crippen molar-refractivity contribution in [3.63, 3.8) is 0 Å². The monoisotopic (exact) mass is 382 g/mol. The van der Waals surface area contributed by atoms with Gasteiger partial charge in [-0.05, 0) is 24.6 Å². The number of nitro groups is 1. The van der Waals surface area contributed by atoms with Crippen LogP contribution in [0.2, 0.25) is 0 Å². The van der Waals surface area contributed by atoms with E-state index in [0.717, 1.165) is 5.56 Å². The Morgan fingerprint density at radius 1 is 1.21 bits per heavy atom. The summed E-state index contributed by atoms with van der Waals surface area (Å²) in [6.45, 7) is 1.96. The zero-order valence-electron chi connectivity index (χ0n) is 15.1. The molecule has 28 heavy (non-hydrogen) atoms. The van der Waals surface area contributed by atoms with Crippen LogP contribution in [-0.2, 0) is 16.1 Å². The van der Waals surface area contributed by atoms with E-state index < -0.39 is 11.0 Å². The van der Waals surface area contributed by atoms with Crippen molar-refractivity contribution >= 4 is 11.6 Å². The van der Waals surface area contributed by atoms with E-state index in [4.69, 9.17) is 9.26 Å². The molecule has 1 heterocycles. The van der Waals surface area contributed by atoms with Gasteiger partial charge >= 0.3 is 0 Å². The molecular weight excluding hydrogens is 364 g/mol. The van der Waals surface area contributed by atoms with Crippen LogP contribution in [-0.4, -0.2) is 27.6 Å². The van der Waals surface area contributed by atoms with Gasteiger partial charge in [0.1, 0.15) is 12.6 Å². The van der Waals surface area contributed by atoms with Gasteiger partial charge in [0.2, 0.25) is 17.6 Å². The molecule has 0 spiro atoms. The van der Waals surface area contributed by atoms with Crippen LogP contribution in [0.3, 0.4) is 0 Å². The molecule has 0 saturated carbocycles. The van der Waals surface area contributed by atoms with E-state index in [9.17, 15) is 14.9 Å². The molecule has 9 nitrogen and oxygen atoms in total. The number of carbonyl (C=O) groups excluding carboxylic acids is 1. The van der Waals surface area contributed by atoms with Crippen molar-refractivity contribution in [1.29, 1.82) is 0 Å². The quantitative estimate of drug-likeness (QED) is 0.469. The van der Waals surface area contributed by atoms with Gasteiger partial charge in [0.05, 0.1) is 11.5 Å². The number of carbonyl (C=O) groups is 1. The first-order valence-electron chi connectivity index (χ1n) is 8.52. The van der Waals surface area contributed by atoms with E-state index in [1.54, 1.807) is 6.92 Å². The van der Waals surface area contributed by atoms with Crippen LogP contribution in [0.25, 0.3) is 11.4 Å². The SMILES string of the molecule is C[C@H](NC(=O)COCc1ccccc1)c1nc(-c2ccc([N+](=O)[O-])cc2)no1. The second kappa shape index (κ2) is 8.87. The third-order valence-electron chi connectivity index (χ3n) is 3.87. The van der Waals surface area contributed by atoms with Crippen molar-refractivity contribution in [3.05, 3.63) is 76.2 Å². The Morgan fingerprint density at radius 2 is 1.93 bits per heavy atom. The normalized spacial score (nSPS) is 11.8. The van der Waals surface area contributed by atoms with Gasteiger partial charge in [-0.3, -0.25) is 14.9 Å². The molecule has 1 amide bonds. The molecule has 1 atom stereocenters. The van der Waals surface area contributed by atoms with Crippen LogP contribution in [0.4, 0.5) is 5.69 Å². The number of amides is 1.